The number of aliphatic hydroxyl groups is 1. The van der Waals surface area contributed by atoms with Gasteiger partial charge in [-0.05, 0) is 12.5 Å². The van der Waals surface area contributed by atoms with Crippen LogP contribution in [0.5, 0.6) is 0 Å². The van der Waals surface area contributed by atoms with Crippen LogP contribution in [0.25, 0.3) is 0 Å². The third kappa shape index (κ3) is 6.54. The molecule has 0 aromatic heterocycles. The molecule has 0 saturated heterocycles. The van der Waals surface area contributed by atoms with Crippen molar-refractivity contribution >= 4 is 10.2 Å². The Balaban J connectivity index is 2.56. The Morgan fingerprint density at radius 3 is 2.52 bits per heavy atom. The van der Waals surface area contributed by atoms with Crippen LogP contribution < -0.4 is 4.72 Å². The first-order chi connectivity index (χ1) is 9.77. The van der Waals surface area contributed by atoms with E-state index in [9.17, 15) is 13.5 Å². The van der Waals surface area contributed by atoms with Gasteiger partial charge in [-0.25, -0.2) is 0 Å². The molecule has 6 nitrogen and oxygen atoms in total. The number of ether oxygens (including phenoxy) is 1. The molecule has 0 bridgehead atoms. The Bertz CT molecular complexity index is 517. The summed E-state index contributed by atoms with van der Waals surface area (Å²) >= 11 is 0. The fraction of sp³-hybridized carbons (Fsp3) is 0.571. The Kier molecular flexibility index (Phi) is 6.76. The molecule has 0 aliphatic heterocycles. The normalized spacial score (nSPS) is 15.1. The highest BCUT2D eigenvalue weighted by Gasteiger charge is 2.25. The van der Waals surface area contributed by atoms with Crippen LogP contribution in [0.4, 0.5) is 0 Å². The fourth-order valence-corrected chi connectivity index (χ4v) is 2.73. The minimum absolute atomic E-state index is 0.0577. The van der Waals surface area contributed by atoms with Crippen molar-refractivity contribution in [1.29, 1.82) is 0 Å². The minimum Gasteiger partial charge on any atom is -0.389 e. The van der Waals surface area contributed by atoms with Gasteiger partial charge < -0.3 is 9.84 Å². The molecule has 0 fully saturated rings. The summed E-state index contributed by atoms with van der Waals surface area (Å²) in [5, 5.41) is 10.1. The van der Waals surface area contributed by atoms with E-state index in [1.165, 1.54) is 18.5 Å². The lowest BCUT2D eigenvalue weighted by Crippen LogP contribution is -2.46. The van der Waals surface area contributed by atoms with Gasteiger partial charge in [0.2, 0.25) is 0 Å². The number of hydrogen-bond acceptors (Lipinski definition) is 4. The summed E-state index contributed by atoms with van der Waals surface area (Å²) < 4.78 is 32.8. The van der Waals surface area contributed by atoms with Gasteiger partial charge in [-0.1, -0.05) is 30.3 Å². The van der Waals surface area contributed by atoms with Gasteiger partial charge in [-0.3, -0.25) is 0 Å². The molecular formula is C14H24N2O4S. The summed E-state index contributed by atoms with van der Waals surface area (Å²) in [6.07, 6.45) is 0.356. The first-order valence-electron chi connectivity index (χ1n) is 6.73. The van der Waals surface area contributed by atoms with Crippen molar-refractivity contribution in [3.05, 3.63) is 35.9 Å². The Morgan fingerprint density at radius 1 is 1.33 bits per heavy atom. The van der Waals surface area contributed by atoms with Gasteiger partial charge in [-0.15, -0.1) is 0 Å². The van der Waals surface area contributed by atoms with E-state index in [0.29, 0.717) is 13.0 Å². The van der Waals surface area contributed by atoms with Crippen molar-refractivity contribution < 1.29 is 18.3 Å². The summed E-state index contributed by atoms with van der Waals surface area (Å²) in [4.78, 5) is 0. The van der Waals surface area contributed by atoms with Crippen LogP contribution in [-0.4, -0.2) is 50.7 Å². The van der Waals surface area contributed by atoms with E-state index < -0.39 is 15.8 Å². The van der Waals surface area contributed by atoms with Gasteiger partial charge in [-0.2, -0.15) is 17.4 Å². The smallest absolute Gasteiger partial charge is 0.279 e. The van der Waals surface area contributed by atoms with Crippen LogP contribution in [0, 0.1) is 0 Å². The average molecular weight is 316 g/mol. The standard InChI is InChI=1S/C14H24N2O4S/c1-14(17,9-10-20-3)12-15-21(18,19)16(2)11-13-7-5-4-6-8-13/h4-8,15,17H,9-12H2,1-3H3. The van der Waals surface area contributed by atoms with Crippen LogP contribution >= 0.6 is 0 Å². The van der Waals surface area contributed by atoms with Gasteiger partial charge in [0.1, 0.15) is 0 Å². The van der Waals surface area contributed by atoms with E-state index in [-0.39, 0.29) is 13.1 Å². The van der Waals surface area contributed by atoms with Gasteiger partial charge in [0, 0.05) is 40.3 Å². The molecule has 1 aromatic carbocycles. The van der Waals surface area contributed by atoms with Gasteiger partial charge in [0.15, 0.2) is 0 Å². The van der Waals surface area contributed by atoms with Crippen molar-refractivity contribution in [2.75, 3.05) is 27.3 Å². The molecule has 7 heteroatoms. The van der Waals surface area contributed by atoms with Crippen LogP contribution in [0.1, 0.15) is 18.9 Å². The van der Waals surface area contributed by atoms with Crippen LogP contribution in [0.2, 0.25) is 0 Å². The molecular weight excluding hydrogens is 292 g/mol. The molecule has 21 heavy (non-hydrogen) atoms. The number of rotatable bonds is 9. The van der Waals surface area contributed by atoms with E-state index in [1.54, 1.807) is 6.92 Å². The van der Waals surface area contributed by atoms with Crippen molar-refractivity contribution in [2.24, 2.45) is 0 Å². The molecule has 1 aromatic rings. The largest absolute Gasteiger partial charge is 0.389 e. The molecule has 2 N–H and O–H groups in total. The molecule has 0 amide bonds. The van der Waals surface area contributed by atoms with Crippen molar-refractivity contribution in [1.82, 2.24) is 9.03 Å². The maximum absolute atomic E-state index is 12.1. The van der Waals surface area contributed by atoms with Crippen LogP contribution in [0.3, 0.4) is 0 Å². The molecule has 0 saturated carbocycles. The summed E-state index contributed by atoms with van der Waals surface area (Å²) in [5.41, 5.74) is -0.243. The predicted molar refractivity (Wildman–Crippen MR) is 81.9 cm³/mol. The zero-order valence-electron chi connectivity index (χ0n) is 12.7. The molecule has 0 radical (unpaired) electrons. The first kappa shape index (κ1) is 18.1. The second kappa shape index (κ2) is 7.86. The third-order valence-corrected chi connectivity index (χ3v) is 4.60. The lowest BCUT2D eigenvalue weighted by Gasteiger charge is -2.25. The lowest BCUT2D eigenvalue weighted by atomic mass is 10.0. The number of nitrogens with one attached hydrogen (secondary N) is 1. The SMILES string of the molecule is COCCC(C)(O)CNS(=O)(=O)N(C)Cc1ccccc1. The van der Waals surface area contributed by atoms with Gasteiger partial charge in [0.25, 0.3) is 10.2 Å². The third-order valence-electron chi connectivity index (χ3n) is 3.14. The molecule has 0 heterocycles. The zero-order valence-corrected chi connectivity index (χ0v) is 13.6. The first-order valence-corrected chi connectivity index (χ1v) is 8.17. The second-order valence-electron chi connectivity index (χ2n) is 5.31. The molecule has 1 atom stereocenters. The molecule has 1 rings (SSSR count). The van der Waals surface area contributed by atoms with E-state index in [2.05, 4.69) is 4.72 Å². The Labute approximate surface area is 126 Å². The average Bonchev–Trinajstić information content (AvgIpc) is 2.44. The summed E-state index contributed by atoms with van der Waals surface area (Å²) in [6, 6.07) is 9.32. The predicted octanol–water partition coefficient (Wildman–Crippen LogP) is 0.740. The number of methoxy groups -OCH3 is 1. The Morgan fingerprint density at radius 2 is 1.95 bits per heavy atom. The zero-order chi connectivity index (χ0) is 15.9. The molecule has 0 aliphatic rings. The van der Waals surface area contributed by atoms with Crippen molar-refractivity contribution in [3.8, 4) is 0 Å². The van der Waals surface area contributed by atoms with Crippen LogP contribution in [0.15, 0.2) is 30.3 Å². The number of nitrogens with zero attached hydrogens (tertiary/aromatic N) is 1. The minimum atomic E-state index is -3.63. The van der Waals surface area contributed by atoms with Gasteiger partial charge in [0.05, 0.1) is 5.60 Å². The lowest BCUT2D eigenvalue weighted by molar-refractivity contribution is 0.0289. The van der Waals surface area contributed by atoms with Crippen LogP contribution in [-0.2, 0) is 21.5 Å². The summed E-state index contributed by atoms with van der Waals surface area (Å²) in [7, 11) is -0.599. The highest BCUT2D eigenvalue weighted by atomic mass is 32.2. The molecule has 120 valence electrons. The number of hydrogen-bond donors (Lipinski definition) is 2. The van der Waals surface area contributed by atoms with Crippen molar-refractivity contribution in [2.45, 2.75) is 25.5 Å². The monoisotopic (exact) mass is 316 g/mol. The molecule has 0 aliphatic carbocycles. The summed E-state index contributed by atoms with van der Waals surface area (Å²) in [5.74, 6) is 0. The van der Waals surface area contributed by atoms with E-state index in [1.807, 2.05) is 30.3 Å². The molecule has 1 unspecified atom stereocenters. The van der Waals surface area contributed by atoms with E-state index in [0.717, 1.165) is 5.56 Å². The summed E-state index contributed by atoms with van der Waals surface area (Å²) in [6.45, 7) is 2.16. The number of benzene rings is 1. The van der Waals surface area contributed by atoms with E-state index in [4.69, 9.17) is 4.74 Å². The van der Waals surface area contributed by atoms with Gasteiger partial charge >= 0.3 is 0 Å². The highest BCUT2D eigenvalue weighted by Crippen LogP contribution is 2.10. The Hall–Kier alpha value is -0.990. The maximum atomic E-state index is 12.1. The molecule has 0 spiro atoms. The maximum Gasteiger partial charge on any atom is 0.279 e. The highest BCUT2D eigenvalue weighted by molar-refractivity contribution is 7.87. The topological polar surface area (TPSA) is 78.9 Å². The van der Waals surface area contributed by atoms with E-state index >= 15 is 0 Å². The second-order valence-corrected chi connectivity index (χ2v) is 7.17. The fourth-order valence-electron chi connectivity index (χ4n) is 1.69. The van der Waals surface area contributed by atoms with Crippen molar-refractivity contribution in [3.63, 3.8) is 0 Å². The quantitative estimate of drug-likeness (QED) is 0.704.